The van der Waals surface area contributed by atoms with E-state index in [-0.39, 0.29) is 13.0 Å². The molecular weight excluding hydrogens is 274 g/mol. The van der Waals surface area contributed by atoms with E-state index >= 15 is 0 Å². The van der Waals surface area contributed by atoms with Crippen molar-refractivity contribution >= 4 is 17.9 Å². The third kappa shape index (κ3) is 5.21. The van der Waals surface area contributed by atoms with E-state index in [4.69, 9.17) is 5.11 Å². The first-order chi connectivity index (χ1) is 9.72. The number of amides is 3. The lowest BCUT2D eigenvalue weighted by molar-refractivity contribution is -0.149. The number of nitrogens with one attached hydrogen (secondary N) is 2. The maximum absolute atomic E-state index is 11.6. The third-order valence-electron chi connectivity index (χ3n) is 2.97. The van der Waals surface area contributed by atoms with Crippen molar-refractivity contribution in [1.29, 1.82) is 0 Å². The van der Waals surface area contributed by atoms with Crippen molar-refractivity contribution in [3.05, 3.63) is 29.6 Å². The van der Waals surface area contributed by atoms with Crippen LogP contribution in [0.4, 0.5) is 4.79 Å². The maximum atomic E-state index is 11.6. The van der Waals surface area contributed by atoms with Crippen LogP contribution in [0.3, 0.4) is 0 Å². The fourth-order valence-electron chi connectivity index (χ4n) is 1.56. The van der Waals surface area contributed by atoms with Crippen LogP contribution >= 0.6 is 0 Å². The molecule has 0 aliphatic rings. The van der Waals surface area contributed by atoms with Crippen LogP contribution in [0.15, 0.2) is 18.3 Å². The number of hydrogen-bond donors (Lipinski definition) is 3. The van der Waals surface area contributed by atoms with Gasteiger partial charge in [-0.15, -0.1) is 0 Å². The molecule has 7 heteroatoms. The average molecular weight is 293 g/mol. The number of carboxylic acid groups (broad SMARTS) is 1. The van der Waals surface area contributed by atoms with Gasteiger partial charge in [0.05, 0.1) is 17.7 Å². The molecule has 21 heavy (non-hydrogen) atoms. The van der Waals surface area contributed by atoms with E-state index < -0.39 is 23.3 Å². The standard InChI is InChI=1S/C14H19N3O4/c1-9-5-4-6-15-10(9)8-16-13(21)17-11(18)7-14(2,3)12(19)20/h4-6H,7-8H2,1-3H3,(H,19,20)(H2,16,17,18,21). The SMILES string of the molecule is Cc1cccnc1CNC(=O)NC(=O)CC(C)(C)C(=O)O. The Bertz CT molecular complexity index is 555. The quantitative estimate of drug-likeness (QED) is 0.756. The van der Waals surface area contributed by atoms with E-state index in [9.17, 15) is 14.4 Å². The minimum absolute atomic E-state index is 0.189. The Morgan fingerprint density at radius 1 is 1.33 bits per heavy atom. The van der Waals surface area contributed by atoms with Gasteiger partial charge in [-0.25, -0.2) is 4.79 Å². The number of rotatable bonds is 5. The largest absolute Gasteiger partial charge is 0.481 e. The summed E-state index contributed by atoms with van der Waals surface area (Å²) in [4.78, 5) is 38.2. The Morgan fingerprint density at radius 3 is 2.57 bits per heavy atom. The average Bonchev–Trinajstić information content (AvgIpc) is 2.36. The summed E-state index contributed by atoms with van der Waals surface area (Å²) in [6, 6.07) is 2.98. The first kappa shape index (κ1) is 16.6. The number of urea groups is 1. The molecule has 0 radical (unpaired) electrons. The maximum Gasteiger partial charge on any atom is 0.321 e. The number of aliphatic carboxylic acids is 1. The molecule has 1 rings (SSSR count). The number of carbonyl (C=O) groups is 3. The summed E-state index contributed by atoms with van der Waals surface area (Å²) in [6.07, 6.45) is 1.33. The molecule has 0 aromatic carbocycles. The minimum Gasteiger partial charge on any atom is -0.481 e. The van der Waals surface area contributed by atoms with Gasteiger partial charge in [0.25, 0.3) is 0 Å². The zero-order valence-corrected chi connectivity index (χ0v) is 12.3. The second-order valence-electron chi connectivity index (χ2n) is 5.36. The number of imide groups is 1. The zero-order valence-electron chi connectivity index (χ0n) is 12.3. The third-order valence-corrected chi connectivity index (χ3v) is 2.97. The molecule has 1 aromatic rings. The van der Waals surface area contributed by atoms with Gasteiger partial charge in [0, 0.05) is 12.6 Å². The van der Waals surface area contributed by atoms with Crippen LogP contribution < -0.4 is 10.6 Å². The number of pyridine rings is 1. The molecule has 0 spiro atoms. The van der Waals surface area contributed by atoms with Crippen molar-refractivity contribution in [2.24, 2.45) is 5.41 Å². The Hall–Kier alpha value is -2.44. The number of carbonyl (C=O) groups excluding carboxylic acids is 2. The van der Waals surface area contributed by atoms with Gasteiger partial charge in [0.2, 0.25) is 5.91 Å². The van der Waals surface area contributed by atoms with Crippen molar-refractivity contribution in [1.82, 2.24) is 15.6 Å². The van der Waals surface area contributed by atoms with Crippen molar-refractivity contribution in [2.75, 3.05) is 0 Å². The summed E-state index contributed by atoms with van der Waals surface area (Å²) in [5, 5.41) is 13.5. The second kappa shape index (κ2) is 6.83. The minimum atomic E-state index is -1.22. The van der Waals surface area contributed by atoms with Crippen LogP contribution in [0.1, 0.15) is 31.5 Å². The highest BCUT2D eigenvalue weighted by atomic mass is 16.4. The molecule has 0 aliphatic carbocycles. The predicted molar refractivity (Wildman–Crippen MR) is 75.4 cm³/mol. The Balaban J connectivity index is 2.46. The van der Waals surface area contributed by atoms with Crippen LogP contribution in [-0.4, -0.2) is 28.0 Å². The molecule has 0 atom stereocenters. The van der Waals surface area contributed by atoms with Crippen molar-refractivity contribution in [3.63, 3.8) is 0 Å². The molecule has 0 unspecified atom stereocenters. The molecule has 3 N–H and O–H groups in total. The van der Waals surface area contributed by atoms with Gasteiger partial charge in [-0.1, -0.05) is 6.07 Å². The number of carboxylic acids is 1. The summed E-state index contributed by atoms with van der Waals surface area (Å²) >= 11 is 0. The van der Waals surface area contributed by atoms with Crippen LogP contribution in [0.25, 0.3) is 0 Å². The Labute approximate surface area is 122 Å². The summed E-state index contributed by atoms with van der Waals surface area (Å²) in [7, 11) is 0. The molecule has 0 saturated heterocycles. The summed E-state index contributed by atoms with van der Waals surface area (Å²) < 4.78 is 0. The lowest BCUT2D eigenvalue weighted by atomic mass is 9.89. The van der Waals surface area contributed by atoms with Gasteiger partial charge in [0.15, 0.2) is 0 Å². The molecule has 0 fully saturated rings. The van der Waals surface area contributed by atoms with Crippen LogP contribution in [-0.2, 0) is 16.1 Å². The Morgan fingerprint density at radius 2 is 2.00 bits per heavy atom. The van der Waals surface area contributed by atoms with Gasteiger partial charge in [-0.2, -0.15) is 0 Å². The number of aromatic nitrogens is 1. The van der Waals surface area contributed by atoms with E-state index in [1.165, 1.54) is 13.8 Å². The second-order valence-corrected chi connectivity index (χ2v) is 5.36. The van der Waals surface area contributed by atoms with Crippen molar-refractivity contribution in [2.45, 2.75) is 33.7 Å². The molecule has 7 nitrogen and oxygen atoms in total. The number of hydrogen-bond acceptors (Lipinski definition) is 4. The predicted octanol–water partition coefficient (Wildman–Crippen LogP) is 1.22. The molecule has 114 valence electrons. The van der Waals surface area contributed by atoms with E-state index in [0.717, 1.165) is 5.56 Å². The van der Waals surface area contributed by atoms with E-state index in [2.05, 4.69) is 15.6 Å². The molecule has 1 heterocycles. The summed E-state index contributed by atoms with van der Waals surface area (Å²) in [5.41, 5.74) is 0.407. The lowest BCUT2D eigenvalue weighted by Crippen LogP contribution is -2.42. The van der Waals surface area contributed by atoms with Crippen molar-refractivity contribution < 1.29 is 19.5 Å². The van der Waals surface area contributed by atoms with E-state index in [1.807, 2.05) is 13.0 Å². The normalized spacial score (nSPS) is 10.8. The monoisotopic (exact) mass is 293 g/mol. The molecule has 3 amide bonds. The first-order valence-corrected chi connectivity index (χ1v) is 6.44. The van der Waals surface area contributed by atoms with Gasteiger partial charge >= 0.3 is 12.0 Å². The smallest absolute Gasteiger partial charge is 0.321 e. The van der Waals surface area contributed by atoms with Gasteiger partial charge in [-0.3, -0.25) is 19.9 Å². The molecular formula is C14H19N3O4. The fourth-order valence-corrected chi connectivity index (χ4v) is 1.56. The van der Waals surface area contributed by atoms with E-state index in [1.54, 1.807) is 12.3 Å². The van der Waals surface area contributed by atoms with Gasteiger partial charge in [-0.05, 0) is 32.4 Å². The van der Waals surface area contributed by atoms with Crippen LogP contribution in [0.2, 0.25) is 0 Å². The highest BCUT2D eigenvalue weighted by molar-refractivity contribution is 5.96. The summed E-state index contributed by atoms with van der Waals surface area (Å²) in [6.45, 7) is 4.89. The summed E-state index contributed by atoms with van der Waals surface area (Å²) in [5.74, 6) is -1.74. The zero-order chi connectivity index (χ0) is 16.0. The number of aryl methyl sites for hydroxylation is 1. The van der Waals surface area contributed by atoms with E-state index in [0.29, 0.717) is 5.69 Å². The number of nitrogens with zero attached hydrogens (tertiary/aromatic N) is 1. The topological polar surface area (TPSA) is 108 Å². The van der Waals surface area contributed by atoms with Crippen molar-refractivity contribution in [3.8, 4) is 0 Å². The van der Waals surface area contributed by atoms with Crippen LogP contribution in [0, 0.1) is 12.3 Å². The highest BCUT2D eigenvalue weighted by Gasteiger charge is 2.30. The van der Waals surface area contributed by atoms with Crippen LogP contribution in [0.5, 0.6) is 0 Å². The Kier molecular flexibility index (Phi) is 5.40. The molecule has 0 bridgehead atoms. The lowest BCUT2D eigenvalue weighted by Gasteiger charge is -2.17. The fraction of sp³-hybridized carbons (Fsp3) is 0.429. The molecule has 0 saturated carbocycles. The molecule has 0 aliphatic heterocycles. The molecule has 1 aromatic heterocycles. The van der Waals surface area contributed by atoms with Gasteiger partial charge in [0.1, 0.15) is 0 Å². The highest BCUT2D eigenvalue weighted by Crippen LogP contribution is 2.19. The van der Waals surface area contributed by atoms with Gasteiger partial charge < -0.3 is 10.4 Å². The first-order valence-electron chi connectivity index (χ1n) is 6.44.